The second-order valence-electron chi connectivity index (χ2n) is 3.50. The van der Waals surface area contributed by atoms with Crippen molar-refractivity contribution in [2.75, 3.05) is 0 Å². The van der Waals surface area contributed by atoms with Gasteiger partial charge in [0.15, 0.2) is 0 Å². The summed E-state index contributed by atoms with van der Waals surface area (Å²) in [6.45, 7) is 5.97. The molecule has 0 radical (unpaired) electrons. The fourth-order valence-electron chi connectivity index (χ4n) is 1.61. The van der Waals surface area contributed by atoms with Crippen molar-refractivity contribution in [3.8, 4) is 0 Å². The summed E-state index contributed by atoms with van der Waals surface area (Å²) >= 11 is 0. The molecule has 1 nitrogen and oxygen atoms in total. The van der Waals surface area contributed by atoms with Gasteiger partial charge in [0.1, 0.15) is 0 Å². The normalized spacial score (nSPS) is 24.2. The van der Waals surface area contributed by atoms with E-state index in [1.807, 2.05) is 6.92 Å². The van der Waals surface area contributed by atoms with Gasteiger partial charge in [-0.25, -0.2) is 0 Å². The van der Waals surface area contributed by atoms with Crippen LogP contribution in [0.3, 0.4) is 0 Å². The molecule has 1 aliphatic rings. The van der Waals surface area contributed by atoms with E-state index in [0.717, 1.165) is 18.4 Å². The maximum absolute atomic E-state index is 6.10. The first-order chi connectivity index (χ1) is 4.65. The van der Waals surface area contributed by atoms with Gasteiger partial charge < -0.3 is 5.73 Å². The van der Waals surface area contributed by atoms with Crippen LogP contribution in [0.1, 0.15) is 39.0 Å². The predicted molar refractivity (Wildman–Crippen MR) is 44.8 cm³/mol. The largest absolute Gasteiger partial charge is 0.322 e. The standard InChI is InChI=1S/C9H17N/c1-8(2)9(10)6-4-3-5-7-9/h1,3-7,10H2,2H3. The van der Waals surface area contributed by atoms with E-state index in [9.17, 15) is 0 Å². The van der Waals surface area contributed by atoms with Crippen molar-refractivity contribution in [3.05, 3.63) is 12.2 Å². The summed E-state index contributed by atoms with van der Waals surface area (Å²) in [6.07, 6.45) is 6.20. The Morgan fingerprint density at radius 1 is 1.30 bits per heavy atom. The first-order valence-electron chi connectivity index (χ1n) is 4.10. The number of hydrogen-bond acceptors (Lipinski definition) is 1. The minimum atomic E-state index is -0.0156. The zero-order chi connectivity index (χ0) is 7.61. The Labute approximate surface area is 63.3 Å². The fraction of sp³-hybridized carbons (Fsp3) is 0.778. The van der Waals surface area contributed by atoms with Crippen molar-refractivity contribution in [2.24, 2.45) is 5.73 Å². The average Bonchev–Trinajstić information content (AvgIpc) is 1.89. The lowest BCUT2D eigenvalue weighted by Gasteiger charge is -2.33. The van der Waals surface area contributed by atoms with Crippen LogP contribution in [-0.2, 0) is 0 Å². The van der Waals surface area contributed by atoms with Crippen LogP contribution in [0.2, 0.25) is 0 Å². The van der Waals surface area contributed by atoms with Gasteiger partial charge in [-0.3, -0.25) is 0 Å². The summed E-state index contributed by atoms with van der Waals surface area (Å²) in [5.41, 5.74) is 7.25. The molecular formula is C9H17N. The first kappa shape index (κ1) is 7.80. The summed E-state index contributed by atoms with van der Waals surface area (Å²) in [4.78, 5) is 0. The highest BCUT2D eigenvalue weighted by Gasteiger charge is 2.27. The van der Waals surface area contributed by atoms with Crippen molar-refractivity contribution in [1.29, 1.82) is 0 Å². The smallest absolute Gasteiger partial charge is 0.0363 e. The minimum absolute atomic E-state index is 0.0156. The third-order valence-corrected chi connectivity index (χ3v) is 2.60. The third-order valence-electron chi connectivity index (χ3n) is 2.60. The van der Waals surface area contributed by atoms with Crippen LogP contribution >= 0.6 is 0 Å². The van der Waals surface area contributed by atoms with Crippen LogP contribution in [-0.4, -0.2) is 5.54 Å². The molecule has 0 saturated heterocycles. The molecule has 0 amide bonds. The number of nitrogens with two attached hydrogens (primary N) is 1. The van der Waals surface area contributed by atoms with E-state index in [4.69, 9.17) is 5.73 Å². The van der Waals surface area contributed by atoms with Crippen LogP contribution < -0.4 is 5.73 Å². The summed E-state index contributed by atoms with van der Waals surface area (Å²) in [5, 5.41) is 0. The Hall–Kier alpha value is -0.300. The molecule has 1 heteroatoms. The van der Waals surface area contributed by atoms with Gasteiger partial charge in [0.25, 0.3) is 0 Å². The SMILES string of the molecule is C=C(C)C1(N)CCCCC1. The number of rotatable bonds is 1. The van der Waals surface area contributed by atoms with E-state index in [1.165, 1.54) is 19.3 Å². The predicted octanol–water partition coefficient (Wildman–Crippen LogP) is 2.22. The molecule has 2 N–H and O–H groups in total. The van der Waals surface area contributed by atoms with Gasteiger partial charge in [0.2, 0.25) is 0 Å². The van der Waals surface area contributed by atoms with E-state index in [-0.39, 0.29) is 5.54 Å². The van der Waals surface area contributed by atoms with Gasteiger partial charge in [0, 0.05) is 5.54 Å². The van der Waals surface area contributed by atoms with Crippen LogP contribution in [0.5, 0.6) is 0 Å². The van der Waals surface area contributed by atoms with Crippen molar-refractivity contribution in [2.45, 2.75) is 44.6 Å². The Morgan fingerprint density at radius 2 is 1.80 bits per heavy atom. The topological polar surface area (TPSA) is 26.0 Å². The highest BCUT2D eigenvalue weighted by Crippen LogP contribution is 2.30. The molecule has 0 aromatic carbocycles. The highest BCUT2D eigenvalue weighted by atomic mass is 14.7. The van der Waals surface area contributed by atoms with Crippen LogP contribution in [0.25, 0.3) is 0 Å². The number of hydrogen-bond donors (Lipinski definition) is 1. The lowest BCUT2D eigenvalue weighted by molar-refractivity contribution is 0.342. The zero-order valence-corrected chi connectivity index (χ0v) is 6.82. The van der Waals surface area contributed by atoms with E-state index < -0.39 is 0 Å². The molecule has 58 valence electrons. The zero-order valence-electron chi connectivity index (χ0n) is 6.82. The van der Waals surface area contributed by atoms with E-state index >= 15 is 0 Å². The van der Waals surface area contributed by atoms with Gasteiger partial charge in [-0.1, -0.05) is 31.4 Å². The maximum atomic E-state index is 6.10. The molecule has 0 aliphatic heterocycles. The molecule has 0 bridgehead atoms. The van der Waals surface area contributed by atoms with E-state index in [2.05, 4.69) is 6.58 Å². The minimum Gasteiger partial charge on any atom is -0.322 e. The van der Waals surface area contributed by atoms with Crippen molar-refractivity contribution >= 4 is 0 Å². The lowest BCUT2D eigenvalue weighted by Crippen LogP contribution is -2.42. The Kier molecular flexibility index (Phi) is 2.14. The first-order valence-corrected chi connectivity index (χ1v) is 4.10. The molecule has 1 fully saturated rings. The Morgan fingerprint density at radius 3 is 2.10 bits per heavy atom. The average molecular weight is 139 g/mol. The van der Waals surface area contributed by atoms with Gasteiger partial charge in [-0.15, -0.1) is 0 Å². The monoisotopic (exact) mass is 139 g/mol. The van der Waals surface area contributed by atoms with Gasteiger partial charge in [-0.05, 0) is 19.8 Å². The molecule has 0 aromatic rings. The van der Waals surface area contributed by atoms with Crippen molar-refractivity contribution < 1.29 is 0 Å². The van der Waals surface area contributed by atoms with Gasteiger partial charge in [-0.2, -0.15) is 0 Å². The van der Waals surface area contributed by atoms with Crippen LogP contribution in [0.15, 0.2) is 12.2 Å². The molecule has 0 atom stereocenters. The fourth-order valence-corrected chi connectivity index (χ4v) is 1.61. The summed E-state index contributed by atoms with van der Waals surface area (Å²) in [5.74, 6) is 0. The molecule has 0 spiro atoms. The van der Waals surface area contributed by atoms with E-state index in [1.54, 1.807) is 0 Å². The van der Waals surface area contributed by atoms with Crippen molar-refractivity contribution in [3.63, 3.8) is 0 Å². The Bertz CT molecular complexity index is 132. The molecule has 0 heterocycles. The summed E-state index contributed by atoms with van der Waals surface area (Å²) < 4.78 is 0. The second-order valence-corrected chi connectivity index (χ2v) is 3.50. The van der Waals surface area contributed by atoms with E-state index in [0.29, 0.717) is 0 Å². The molecule has 0 unspecified atom stereocenters. The van der Waals surface area contributed by atoms with Gasteiger partial charge in [0.05, 0.1) is 0 Å². The maximum Gasteiger partial charge on any atom is 0.0363 e. The molecule has 0 aromatic heterocycles. The Balaban J connectivity index is 2.56. The molecule has 10 heavy (non-hydrogen) atoms. The lowest BCUT2D eigenvalue weighted by atomic mass is 9.78. The molecular weight excluding hydrogens is 122 g/mol. The van der Waals surface area contributed by atoms with Crippen LogP contribution in [0.4, 0.5) is 0 Å². The third kappa shape index (κ3) is 1.40. The summed E-state index contributed by atoms with van der Waals surface area (Å²) in [7, 11) is 0. The quantitative estimate of drug-likeness (QED) is 0.554. The second kappa shape index (κ2) is 2.75. The molecule has 1 rings (SSSR count). The molecule has 1 aliphatic carbocycles. The summed E-state index contributed by atoms with van der Waals surface area (Å²) in [6, 6.07) is 0. The molecule has 1 saturated carbocycles. The van der Waals surface area contributed by atoms with Crippen molar-refractivity contribution in [1.82, 2.24) is 0 Å². The highest BCUT2D eigenvalue weighted by molar-refractivity contribution is 5.13. The van der Waals surface area contributed by atoms with Gasteiger partial charge >= 0.3 is 0 Å². The van der Waals surface area contributed by atoms with Crippen LogP contribution in [0, 0.1) is 0 Å².